The molecule has 1 aromatic heterocycles. The second-order valence-electron chi connectivity index (χ2n) is 5.27. The molecule has 2 heterocycles. The Labute approximate surface area is 147 Å². The second-order valence-corrected chi connectivity index (χ2v) is 7.07. The third kappa shape index (κ3) is 3.39. The van der Waals surface area contributed by atoms with Gasteiger partial charge in [0.25, 0.3) is 5.56 Å². The fraction of sp³-hybridized carbons (Fsp3) is 0.267. The van der Waals surface area contributed by atoms with Gasteiger partial charge in [0, 0.05) is 29.7 Å². The van der Waals surface area contributed by atoms with Gasteiger partial charge in [0.1, 0.15) is 0 Å². The molecule has 1 aliphatic rings. The van der Waals surface area contributed by atoms with E-state index in [4.69, 9.17) is 23.2 Å². The average Bonchev–Trinajstić information content (AvgIpc) is 2.54. The molecule has 0 saturated carbocycles. The van der Waals surface area contributed by atoms with Gasteiger partial charge in [0.05, 0.1) is 16.0 Å². The first-order valence-electron chi connectivity index (χ1n) is 6.91. The zero-order valence-corrected chi connectivity index (χ0v) is 14.5. The molecule has 0 spiro atoms. The molecule has 0 fully saturated rings. The number of nitrogens with one attached hydrogen (secondary N) is 1. The summed E-state index contributed by atoms with van der Waals surface area (Å²) in [5.74, 6) is 0.0982. The molecule has 120 valence electrons. The topological polar surface area (TPSA) is 64.0 Å². The van der Waals surface area contributed by atoms with Gasteiger partial charge in [-0.3, -0.25) is 14.2 Å². The van der Waals surface area contributed by atoms with E-state index in [0.717, 1.165) is 0 Å². The molecule has 0 saturated heterocycles. The molecule has 2 aromatic rings. The maximum atomic E-state index is 12.4. The number of aryl methyl sites for hydroxylation is 1. The minimum atomic E-state index is -0.316. The summed E-state index contributed by atoms with van der Waals surface area (Å²) >= 11 is 13.2. The predicted octanol–water partition coefficient (Wildman–Crippen LogP) is 3.22. The smallest absolute Gasteiger partial charge is 0.257 e. The van der Waals surface area contributed by atoms with Crippen LogP contribution < -0.4 is 10.9 Å². The Morgan fingerprint density at radius 2 is 2.17 bits per heavy atom. The van der Waals surface area contributed by atoms with Gasteiger partial charge in [-0.2, -0.15) is 0 Å². The van der Waals surface area contributed by atoms with Crippen molar-refractivity contribution in [3.63, 3.8) is 0 Å². The number of halogens is 2. The van der Waals surface area contributed by atoms with Crippen molar-refractivity contribution in [2.24, 2.45) is 5.92 Å². The van der Waals surface area contributed by atoms with Crippen LogP contribution in [0.3, 0.4) is 0 Å². The minimum absolute atomic E-state index is 0.102. The highest BCUT2D eigenvalue weighted by molar-refractivity contribution is 7.99. The predicted molar refractivity (Wildman–Crippen MR) is 92.5 cm³/mol. The van der Waals surface area contributed by atoms with E-state index < -0.39 is 0 Å². The van der Waals surface area contributed by atoms with Crippen molar-refractivity contribution in [3.05, 3.63) is 50.4 Å². The van der Waals surface area contributed by atoms with E-state index in [1.807, 2.05) is 0 Å². The fourth-order valence-electron chi connectivity index (χ4n) is 2.28. The summed E-state index contributed by atoms with van der Waals surface area (Å²) in [6, 6.07) is 4.92. The van der Waals surface area contributed by atoms with E-state index in [0.29, 0.717) is 38.8 Å². The van der Waals surface area contributed by atoms with Crippen LogP contribution in [-0.2, 0) is 11.3 Å². The lowest BCUT2D eigenvalue weighted by Crippen LogP contribution is -2.37. The SMILES string of the molecule is Cc1cnc2n(c1=O)CC(C(=O)Nc1ccc(Cl)c(Cl)c1)CS2. The average molecular weight is 370 g/mol. The normalized spacial score (nSPS) is 16.7. The van der Waals surface area contributed by atoms with E-state index in [2.05, 4.69) is 10.3 Å². The highest BCUT2D eigenvalue weighted by Crippen LogP contribution is 2.28. The van der Waals surface area contributed by atoms with Gasteiger partial charge in [0.2, 0.25) is 5.91 Å². The summed E-state index contributed by atoms with van der Waals surface area (Å²) in [6.07, 6.45) is 1.57. The van der Waals surface area contributed by atoms with Crippen LogP contribution in [0.15, 0.2) is 34.3 Å². The second kappa shape index (κ2) is 6.55. The fourth-order valence-corrected chi connectivity index (χ4v) is 3.62. The van der Waals surface area contributed by atoms with E-state index >= 15 is 0 Å². The van der Waals surface area contributed by atoms with Crippen molar-refractivity contribution in [1.29, 1.82) is 0 Å². The van der Waals surface area contributed by atoms with Crippen molar-refractivity contribution < 1.29 is 4.79 Å². The highest BCUT2D eigenvalue weighted by atomic mass is 35.5. The Morgan fingerprint density at radius 1 is 1.39 bits per heavy atom. The molecule has 0 aliphatic carbocycles. The summed E-state index contributed by atoms with van der Waals surface area (Å²) in [5.41, 5.74) is 1.05. The quantitative estimate of drug-likeness (QED) is 0.825. The number of fused-ring (bicyclic) bond motifs is 1. The molecule has 5 nitrogen and oxygen atoms in total. The number of nitrogens with zero attached hydrogens (tertiary/aromatic N) is 2. The van der Waals surface area contributed by atoms with E-state index in [1.165, 1.54) is 11.8 Å². The van der Waals surface area contributed by atoms with Crippen LogP contribution in [0.25, 0.3) is 0 Å². The molecule has 3 rings (SSSR count). The summed E-state index contributed by atoms with van der Waals surface area (Å²) in [4.78, 5) is 28.8. The van der Waals surface area contributed by atoms with Gasteiger partial charge in [-0.05, 0) is 25.1 Å². The summed E-state index contributed by atoms with van der Waals surface area (Å²) in [6.45, 7) is 2.04. The zero-order valence-electron chi connectivity index (χ0n) is 12.2. The number of hydrogen-bond donors (Lipinski definition) is 1. The van der Waals surface area contributed by atoms with E-state index in [9.17, 15) is 9.59 Å². The number of carbonyl (C=O) groups is 1. The Balaban J connectivity index is 1.77. The molecule has 1 aromatic carbocycles. The molecule has 0 bridgehead atoms. The summed E-state index contributed by atoms with van der Waals surface area (Å²) in [7, 11) is 0. The molecule has 1 unspecified atom stereocenters. The summed E-state index contributed by atoms with van der Waals surface area (Å²) in [5, 5.41) is 4.27. The Bertz CT molecular complexity index is 838. The molecular weight excluding hydrogens is 357 g/mol. The number of amides is 1. The van der Waals surface area contributed by atoms with Gasteiger partial charge in [-0.1, -0.05) is 35.0 Å². The van der Waals surface area contributed by atoms with Crippen LogP contribution in [0.1, 0.15) is 5.56 Å². The van der Waals surface area contributed by atoms with Crippen molar-refractivity contribution in [3.8, 4) is 0 Å². The molecular formula is C15H13Cl2N3O2S. The van der Waals surface area contributed by atoms with Crippen LogP contribution in [0.2, 0.25) is 10.0 Å². The number of rotatable bonds is 2. The third-order valence-corrected chi connectivity index (χ3v) is 5.45. The highest BCUT2D eigenvalue weighted by Gasteiger charge is 2.27. The van der Waals surface area contributed by atoms with Crippen molar-refractivity contribution >= 4 is 46.6 Å². The molecule has 1 amide bonds. The van der Waals surface area contributed by atoms with Crippen molar-refractivity contribution in [2.45, 2.75) is 18.6 Å². The van der Waals surface area contributed by atoms with Crippen LogP contribution in [0, 0.1) is 12.8 Å². The van der Waals surface area contributed by atoms with Gasteiger partial charge in [0.15, 0.2) is 5.16 Å². The Kier molecular flexibility index (Phi) is 4.66. The van der Waals surface area contributed by atoms with Crippen molar-refractivity contribution in [2.75, 3.05) is 11.1 Å². The lowest BCUT2D eigenvalue weighted by Gasteiger charge is -2.24. The molecule has 8 heteroatoms. The maximum Gasteiger partial charge on any atom is 0.257 e. The number of benzene rings is 1. The number of aromatic nitrogens is 2. The Hall–Kier alpha value is -1.50. The first-order valence-corrected chi connectivity index (χ1v) is 8.65. The lowest BCUT2D eigenvalue weighted by atomic mass is 10.1. The maximum absolute atomic E-state index is 12.4. The zero-order chi connectivity index (χ0) is 16.6. The van der Waals surface area contributed by atoms with E-state index in [-0.39, 0.29) is 17.4 Å². The third-order valence-electron chi connectivity index (χ3n) is 3.56. The number of thioether (sulfide) groups is 1. The van der Waals surface area contributed by atoms with E-state index in [1.54, 1.807) is 35.9 Å². The largest absolute Gasteiger partial charge is 0.326 e. The van der Waals surface area contributed by atoms with Gasteiger partial charge >= 0.3 is 0 Å². The molecule has 1 atom stereocenters. The number of carbonyl (C=O) groups excluding carboxylic acids is 1. The molecule has 0 radical (unpaired) electrons. The molecule has 1 aliphatic heterocycles. The molecule has 23 heavy (non-hydrogen) atoms. The lowest BCUT2D eigenvalue weighted by molar-refractivity contribution is -0.119. The van der Waals surface area contributed by atoms with Crippen LogP contribution in [0.5, 0.6) is 0 Å². The monoisotopic (exact) mass is 369 g/mol. The Morgan fingerprint density at radius 3 is 2.91 bits per heavy atom. The summed E-state index contributed by atoms with van der Waals surface area (Å²) < 4.78 is 1.56. The van der Waals surface area contributed by atoms with Crippen LogP contribution in [0.4, 0.5) is 5.69 Å². The number of anilines is 1. The first-order chi connectivity index (χ1) is 11.0. The van der Waals surface area contributed by atoms with Crippen molar-refractivity contribution in [1.82, 2.24) is 9.55 Å². The minimum Gasteiger partial charge on any atom is -0.326 e. The van der Waals surface area contributed by atoms with Crippen LogP contribution >= 0.6 is 35.0 Å². The van der Waals surface area contributed by atoms with Gasteiger partial charge < -0.3 is 5.32 Å². The van der Waals surface area contributed by atoms with Gasteiger partial charge in [-0.25, -0.2) is 4.98 Å². The first kappa shape index (κ1) is 16.4. The standard InChI is InChI=1S/C15H13Cl2N3O2S/c1-8-5-18-15-20(14(8)22)6-9(7-23-15)13(21)19-10-2-3-11(16)12(17)4-10/h2-5,9H,6-7H2,1H3,(H,19,21). The van der Waals surface area contributed by atoms with Crippen LogP contribution in [-0.4, -0.2) is 21.2 Å². The van der Waals surface area contributed by atoms with Gasteiger partial charge in [-0.15, -0.1) is 0 Å². The molecule has 1 N–H and O–H groups in total. The number of hydrogen-bond acceptors (Lipinski definition) is 4.